The lowest BCUT2D eigenvalue weighted by atomic mass is 10.3. The van der Waals surface area contributed by atoms with Crippen molar-refractivity contribution in [3.05, 3.63) is 30.3 Å². The molecule has 0 unspecified atom stereocenters. The third-order valence-corrected chi connectivity index (χ3v) is 3.42. The van der Waals surface area contributed by atoms with E-state index in [-0.39, 0.29) is 0 Å². The molecule has 1 aromatic rings. The average Bonchev–Trinajstić information content (AvgIpc) is 2.53. The topological polar surface area (TPSA) is 21.7 Å². The average molecular weight is 293 g/mol. The normalized spacial score (nSPS) is 10.8. The molecule has 0 atom stereocenters. The van der Waals surface area contributed by atoms with Crippen LogP contribution in [-0.4, -0.2) is 39.5 Å². The minimum atomic E-state index is 0.782. The van der Waals surface area contributed by atoms with Crippen LogP contribution in [0.4, 0.5) is 5.69 Å². The molecule has 0 N–H and O–H groups in total. The predicted octanol–water partition coefficient (Wildman–Crippen LogP) is 4.13. The van der Waals surface area contributed by atoms with E-state index in [0.717, 1.165) is 52.4 Å². The highest BCUT2D eigenvalue weighted by molar-refractivity contribution is 5.45. The van der Waals surface area contributed by atoms with Crippen molar-refractivity contribution in [2.24, 2.45) is 0 Å². The summed E-state index contributed by atoms with van der Waals surface area (Å²) >= 11 is 0. The van der Waals surface area contributed by atoms with Gasteiger partial charge in [0, 0.05) is 32.0 Å². The maximum absolute atomic E-state index is 5.69. The van der Waals surface area contributed by atoms with Crippen molar-refractivity contribution >= 4 is 5.69 Å². The molecule has 0 spiro atoms. The van der Waals surface area contributed by atoms with Gasteiger partial charge in [0.25, 0.3) is 0 Å². The minimum Gasteiger partial charge on any atom is -0.380 e. The van der Waals surface area contributed by atoms with Gasteiger partial charge in [-0.1, -0.05) is 44.9 Å². The molecule has 3 nitrogen and oxygen atoms in total. The van der Waals surface area contributed by atoms with Gasteiger partial charge in [0.2, 0.25) is 0 Å². The van der Waals surface area contributed by atoms with Crippen molar-refractivity contribution in [3.63, 3.8) is 0 Å². The summed E-state index contributed by atoms with van der Waals surface area (Å²) in [6.45, 7) is 9.52. The van der Waals surface area contributed by atoms with Gasteiger partial charge in [-0.3, -0.25) is 0 Å². The molecule has 21 heavy (non-hydrogen) atoms. The lowest BCUT2D eigenvalue weighted by Crippen LogP contribution is -2.31. The number of benzene rings is 1. The molecule has 120 valence electrons. The van der Waals surface area contributed by atoms with Crippen LogP contribution in [0.3, 0.4) is 0 Å². The Labute approximate surface area is 130 Å². The fourth-order valence-electron chi connectivity index (χ4n) is 2.06. The largest absolute Gasteiger partial charge is 0.380 e. The third-order valence-electron chi connectivity index (χ3n) is 3.42. The number of hydrogen-bond donors (Lipinski definition) is 0. The highest BCUT2D eigenvalue weighted by Crippen LogP contribution is 2.12. The number of unbranched alkanes of at least 4 members (excludes halogenated alkanes) is 2. The second-order valence-electron chi connectivity index (χ2n) is 5.25. The van der Waals surface area contributed by atoms with E-state index in [0.29, 0.717) is 0 Å². The molecule has 0 aliphatic rings. The molecule has 0 aliphatic heterocycles. The van der Waals surface area contributed by atoms with Gasteiger partial charge in [-0.2, -0.15) is 0 Å². The Morgan fingerprint density at radius 2 is 1.29 bits per heavy atom. The predicted molar refractivity (Wildman–Crippen MR) is 90.1 cm³/mol. The van der Waals surface area contributed by atoms with Crippen molar-refractivity contribution in [3.8, 4) is 0 Å². The van der Waals surface area contributed by atoms with Crippen LogP contribution < -0.4 is 4.90 Å². The second-order valence-corrected chi connectivity index (χ2v) is 5.25. The van der Waals surface area contributed by atoms with Gasteiger partial charge in [-0.25, -0.2) is 0 Å². The monoisotopic (exact) mass is 293 g/mol. The van der Waals surface area contributed by atoms with Gasteiger partial charge in [0.1, 0.15) is 0 Å². The molecular formula is C18H31NO2. The summed E-state index contributed by atoms with van der Waals surface area (Å²) in [5, 5.41) is 0. The lowest BCUT2D eigenvalue weighted by molar-refractivity contribution is 0.125. The molecule has 1 rings (SSSR count). The molecule has 0 radical (unpaired) electrons. The van der Waals surface area contributed by atoms with Crippen molar-refractivity contribution in [2.75, 3.05) is 44.4 Å². The van der Waals surface area contributed by atoms with E-state index in [2.05, 4.69) is 49.1 Å². The summed E-state index contributed by atoms with van der Waals surface area (Å²) in [4.78, 5) is 2.35. The van der Waals surface area contributed by atoms with Crippen LogP contribution in [-0.2, 0) is 9.47 Å². The van der Waals surface area contributed by atoms with Crippen LogP contribution in [0.1, 0.15) is 39.5 Å². The Hall–Kier alpha value is -1.06. The summed E-state index contributed by atoms with van der Waals surface area (Å²) in [5.41, 5.74) is 1.25. The van der Waals surface area contributed by atoms with E-state index in [4.69, 9.17) is 9.47 Å². The summed E-state index contributed by atoms with van der Waals surface area (Å²) in [6, 6.07) is 10.5. The van der Waals surface area contributed by atoms with Crippen LogP contribution in [0.25, 0.3) is 0 Å². The molecule has 1 aromatic carbocycles. The summed E-state index contributed by atoms with van der Waals surface area (Å²) in [7, 11) is 0. The maximum atomic E-state index is 5.69. The first-order valence-corrected chi connectivity index (χ1v) is 8.34. The third kappa shape index (κ3) is 8.74. The molecule has 0 aromatic heterocycles. The van der Waals surface area contributed by atoms with E-state index < -0.39 is 0 Å². The van der Waals surface area contributed by atoms with E-state index >= 15 is 0 Å². The van der Waals surface area contributed by atoms with Crippen LogP contribution in [0.15, 0.2) is 30.3 Å². The first-order chi connectivity index (χ1) is 10.4. The Kier molecular flexibility index (Phi) is 10.8. The van der Waals surface area contributed by atoms with Gasteiger partial charge in [0.05, 0.1) is 13.2 Å². The SMILES string of the molecule is CCCCOCCN(CCOCCCC)c1ccccc1. The molecule has 0 fully saturated rings. The van der Waals surface area contributed by atoms with Gasteiger partial charge < -0.3 is 14.4 Å². The molecule has 0 heterocycles. The zero-order chi connectivity index (χ0) is 15.2. The summed E-state index contributed by atoms with van der Waals surface area (Å²) < 4.78 is 11.4. The lowest BCUT2D eigenvalue weighted by Gasteiger charge is -2.24. The van der Waals surface area contributed by atoms with Gasteiger partial charge in [-0.05, 0) is 25.0 Å². The number of para-hydroxylation sites is 1. The molecule has 0 saturated heterocycles. The summed E-state index contributed by atoms with van der Waals surface area (Å²) in [5.74, 6) is 0. The first kappa shape index (κ1) is 18.0. The second kappa shape index (κ2) is 12.7. The molecule has 0 amide bonds. The van der Waals surface area contributed by atoms with Crippen LogP contribution in [0, 0.1) is 0 Å². The number of rotatable bonds is 13. The number of anilines is 1. The van der Waals surface area contributed by atoms with Gasteiger partial charge in [0.15, 0.2) is 0 Å². The zero-order valence-electron chi connectivity index (χ0n) is 13.7. The van der Waals surface area contributed by atoms with Crippen molar-refractivity contribution in [1.29, 1.82) is 0 Å². The van der Waals surface area contributed by atoms with E-state index in [1.54, 1.807) is 0 Å². The maximum Gasteiger partial charge on any atom is 0.0641 e. The Balaban J connectivity index is 2.32. The number of hydrogen-bond acceptors (Lipinski definition) is 3. The highest BCUT2D eigenvalue weighted by Gasteiger charge is 2.05. The van der Waals surface area contributed by atoms with Crippen molar-refractivity contribution in [2.45, 2.75) is 39.5 Å². The Morgan fingerprint density at radius 1 is 0.762 bits per heavy atom. The van der Waals surface area contributed by atoms with Crippen molar-refractivity contribution in [1.82, 2.24) is 0 Å². The van der Waals surface area contributed by atoms with Crippen molar-refractivity contribution < 1.29 is 9.47 Å². The van der Waals surface area contributed by atoms with Crippen LogP contribution >= 0.6 is 0 Å². The number of nitrogens with zero attached hydrogens (tertiary/aromatic N) is 1. The molecule has 3 heteroatoms. The highest BCUT2D eigenvalue weighted by atomic mass is 16.5. The van der Waals surface area contributed by atoms with Crippen LogP contribution in [0.2, 0.25) is 0 Å². The first-order valence-electron chi connectivity index (χ1n) is 8.34. The van der Waals surface area contributed by atoms with Gasteiger partial charge >= 0.3 is 0 Å². The molecular weight excluding hydrogens is 262 g/mol. The summed E-state index contributed by atoms with van der Waals surface area (Å²) in [6.07, 6.45) is 4.66. The van der Waals surface area contributed by atoms with Gasteiger partial charge in [-0.15, -0.1) is 0 Å². The van der Waals surface area contributed by atoms with Crippen LogP contribution in [0.5, 0.6) is 0 Å². The Morgan fingerprint density at radius 3 is 1.76 bits per heavy atom. The van der Waals surface area contributed by atoms with E-state index in [9.17, 15) is 0 Å². The molecule has 0 bridgehead atoms. The minimum absolute atomic E-state index is 0.782. The fourth-order valence-corrected chi connectivity index (χ4v) is 2.06. The molecule has 0 aliphatic carbocycles. The smallest absolute Gasteiger partial charge is 0.0641 e. The quantitative estimate of drug-likeness (QED) is 0.511. The number of ether oxygens (including phenoxy) is 2. The Bertz CT molecular complexity index is 315. The fraction of sp³-hybridized carbons (Fsp3) is 0.667. The molecule has 0 saturated carbocycles. The van der Waals surface area contributed by atoms with E-state index in [1.807, 2.05) is 0 Å². The zero-order valence-corrected chi connectivity index (χ0v) is 13.7. The standard InChI is InChI=1S/C18H31NO2/c1-3-5-14-20-16-12-19(13-17-21-15-6-4-2)18-10-8-7-9-11-18/h7-11H,3-6,12-17H2,1-2H3. The van der Waals surface area contributed by atoms with E-state index in [1.165, 1.54) is 18.5 Å².